The van der Waals surface area contributed by atoms with E-state index in [4.69, 9.17) is 15.3 Å². The number of rotatable bonds is 0. The molecular formula is C6H8N2O3. The van der Waals surface area contributed by atoms with Crippen molar-refractivity contribution in [2.24, 2.45) is 0 Å². The molecule has 0 bridgehead atoms. The third-order valence-corrected chi connectivity index (χ3v) is 0.847. The molecule has 0 aromatic carbocycles. The molecule has 0 aliphatic carbocycles. The van der Waals surface area contributed by atoms with E-state index in [1.54, 1.807) is 12.4 Å². The van der Waals surface area contributed by atoms with E-state index >= 15 is 0 Å². The van der Waals surface area contributed by atoms with Gasteiger partial charge in [-0.25, -0.2) is 0 Å². The van der Waals surface area contributed by atoms with Crippen molar-refractivity contribution < 1.29 is 10.3 Å². The van der Waals surface area contributed by atoms with Crippen molar-refractivity contribution in [3.63, 3.8) is 0 Å². The fourth-order valence-electron chi connectivity index (χ4n) is 0.426. The van der Waals surface area contributed by atoms with E-state index < -0.39 is 5.09 Å². The minimum absolute atomic E-state index is 1.26. The van der Waals surface area contributed by atoms with Crippen LogP contribution in [0.5, 0.6) is 0 Å². The van der Waals surface area contributed by atoms with Crippen LogP contribution in [0.3, 0.4) is 0 Å². The van der Waals surface area contributed by atoms with Crippen molar-refractivity contribution >= 4 is 0 Å². The Hall–Kier alpha value is -1.65. The van der Waals surface area contributed by atoms with E-state index in [-0.39, 0.29) is 0 Å². The lowest BCUT2D eigenvalue weighted by atomic mass is 10.3. The standard InChI is InChI=1S/C6H7N.HNO3/c1-6-2-4-7-5-3-6;2-1(3)4/h2-5H,1H3;(H,2,3,4). The Kier molecular flexibility index (Phi) is 4.39. The first kappa shape index (κ1) is 9.35. The second kappa shape index (κ2) is 5.16. The van der Waals surface area contributed by atoms with Gasteiger partial charge in [0.2, 0.25) is 0 Å². The molecule has 0 radical (unpaired) electrons. The molecule has 1 aromatic heterocycles. The van der Waals surface area contributed by atoms with Crippen molar-refractivity contribution in [1.29, 1.82) is 0 Å². The molecule has 1 heterocycles. The maximum absolute atomic E-state index is 8.36. The van der Waals surface area contributed by atoms with E-state index in [2.05, 4.69) is 4.98 Å². The number of hydrogen-bond acceptors (Lipinski definition) is 3. The van der Waals surface area contributed by atoms with Crippen LogP contribution in [0.25, 0.3) is 0 Å². The van der Waals surface area contributed by atoms with Crippen LogP contribution in [0.1, 0.15) is 5.56 Å². The topological polar surface area (TPSA) is 76.3 Å². The van der Waals surface area contributed by atoms with Crippen LogP contribution in [0.4, 0.5) is 0 Å². The second-order valence-electron chi connectivity index (χ2n) is 1.76. The Balaban J connectivity index is 0.000000218. The molecule has 0 atom stereocenters. The molecule has 0 saturated carbocycles. The largest absolute Gasteiger partial charge is 0.328 e. The summed E-state index contributed by atoms with van der Waals surface area (Å²) in [5.74, 6) is 0. The van der Waals surface area contributed by atoms with Crippen LogP contribution in [-0.4, -0.2) is 15.3 Å². The normalized spacial score (nSPS) is 7.73. The summed E-state index contributed by atoms with van der Waals surface area (Å²) in [6.45, 7) is 2.04. The van der Waals surface area contributed by atoms with Crippen molar-refractivity contribution in [2.45, 2.75) is 6.92 Å². The van der Waals surface area contributed by atoms with Gasteiger partial charge in [0.05, 0.1) is 0 Å². The van der Waals surface area contributed by atoms with Crippen LogP contribution in [-0.2, 0) is 0 Å². The van der Waals surface area contributed by atoms with Crippen LogP contribution in [0.15, 0.2) is 24.5 Å². The van der Waals surface area contributed by atoms with Crippen LogP contribution >= 0.6 is 0 Å². The summed E-state index contributed by atoms with van der Waals surface area (Å²) in [5.41, 5.74) is 1.26. The van der Waals surface area contributed by atoms with E-state index in [0.29, 0.717) is 0 Å². The Morgan fingerprint density at radius 3 is 2.09 bits per heavy atom. The lowest BCUT2D eigenvalue weighted by Crippen LogP contribution is -1.81. The monoisotopic (exact) mass is 156 g/mol. The van der Waals surface area contributed by atoms with Crippen molar-refractivity contribution in [3.05, 3.63) is 40.2 Å². The number of aryl methyl sites for hydroxylation is 1. The maximum atomic E-state index is 8.36. The first-order chi connectivity index (χ1) is 5.13. The van der Waals surface area contributed by atoms with Gasteiger partial charge in [-0.1, -0.05) is 0 Å². The van der Waals surface area contributed by atoms with Gasteiger partial charge in [-0.15, -0.1) is 10.1 Å². The highest BCUT2D eigenvalue weighted by Gasteiger charge is 1.72. The van der Waals surface area contributed by atoms with Gasteiger partial charge in [-0.2, -0.15) is 0 Å². The summed E-state index contributed by atoms with van der Waals surface area (Å²) in [6, 6.07) is 3.94. The molecular weight excluding hydrogens is 148 g/mol. The summed E-state index contributed by atoms with van der Waals surface area (Å²) in [5, 5.41) is 13.6. The van der Waals surface area contributed by atoms with Crippen LogP contribution in [0.2, 0.25) is 0 Å². The van der Waals surface area contributed by atoms with Gasteiger partial charge in [-0.05, 0) is 24.6 Å². The van der Waals surface area contributed by atoms with Crippen LogP contribution < -0.4 is 0 Å². The molecule has 1 aromatic rings. The average molecular weight is 156 g/mol. The molecule has 0 fully saturated rings. The average Bonchev–Trinajstić information content (AvgIpc) is 1.87. The molecule has 11 heavy (non-hydrogen) atoms. The number of hydrogen-bond donors (Lipinski definition) is 1. The second-order valence-corrected chi connectivity index (χ2v) is 1.76. The minimum Gasteiger partial charge on any atom is -0.328 e. The summed E-state index contributed by atoms with van der Waals surface area (Å²) in [4.78, 5) is 12.2. The molecule has 5 heteroatoms. The summed E-state index contributed by atoms with van der Waals surface area (Å²) >= 11 is 0. The predicted octanol–water partition coefficient (Wildman–Crippen LogP) is 1.04. The van der Waals surface area contributed by atoms with Gasteiger partial charge in [-0.3, -0.25) is 4.98 Å². The molecule has 0 aliphatic heterocycles. The third kappa shape index (κ3) is 8.35. The van der Waals surface area contributed by atoms with Gasteiger partial charge < -0.3 is 5.21 Å². The minimum atomic E-state index is -1.50. The van der Waals surface area contributed by atoms with E-state index in [1.165, 1.54) is 5.56 Å². The molecule has 1 N–H and O–H groups in total. The van der Waals surface area contributed by atoms with Crippen molar-refractivity contribution in [2.75, 3.05) is 0 Å². The zero-order valence-electron chi connectivity index (χ0n) is 5.97. The Morgan fingerprint density at radius 2 is 1.91 bits per heavy atom. The zero-order valence-corrected chi connectivity index (χ0v) is 5.97. The highest BCUT2D eigenvalue weighted by molar-refractivity contribution is 5.05. The summed E-state index contributed by atoms with van der Waals surface area (Å²) in [7, 11) is 0. The number of nitrogens with zero attached hydrogens (tertiary/aromatic N) is 2. The first-order valence-electron chi connectivity index (χ1n) is 2.83. The predicted molar refractivity (Wildman–Crippen MR) is 37.8 cm³/mol. The highest BCUT2D eigenvalue weighted by atomic mass is 16.9. The van der Waals surface area contributed by atoms with E-state index in [0.717, 1.165) is 0 Å². The number of pyridine rings is 1. The molecule has 1 rings (SSSR count). The smallest absolute Gasteiger partial charge is 0.291 e. The highest BCUT2D eigenvalue weighted by Crippen LogP contribution is 1.88. The molecule has 60 valence electrons. The van der Waals surface area contributed by atoms with Gasteiger partial charge in [0.1, 0.15) is 0 Å². The third-order valence-electron chi connectivity index (χ3n) is 0.847. The van der Waals surface area contributed by atoms with Crippen LogP contribution in [0, 0.1) is 17.0 Å². The van der Waals surface area contributed by atoms with Gasteiger partial charge in [0, 0.05) is 12.4 Å². The van der Waals surface area contributed by atoms with Gasteiger partial charge in [0.15, 0.2) is 0 Å². The lowest BCUT2D eigenvalue weighted by Gasteiger charge is -1.82. The maximum Gasteiger partial charge on any atom is 0.291 e. The van der Waals surface area contributed by atoms with Gasteiger partial charge in [0.25, 0.3) is 5.09 Å². The van der Waals surface area contributed by atoms with Gasteiger partial charge >= 0.3 is 0 Å². The molecule has 0 unspecified atom stereocenters. The molecule has 5 nitrogen and oxygen atoms in total. The molecule has 0 spiro atoms. The first-order valence-corrected chi connectivity index (χ1v) is 2.83. The Bertz CT molecular complexity index is 208. The van der Waals surface area contributed by atoms with Crippen molar-refractivity contribution in [3.8, 4) is 0 Å². The molecule has 0 saturated heterocycles. The lowest BCUT2D eigenvalue weighted by molar-refractivity contribution is -0.742. The fourth-order valence-corrected chi connectivity index (χ4v) is 0.426. The summed E-state index contributed by atoms with van der Waals surface area (Å²) in [6.07, 6.45) is 3.57. The zero-order chi connectivity index (χ0) is 8.69. The van der Waals surface area contributed by atoms with E-state index in [9.17, 15) is 0 Å². The molecule has 0 amide bonds. The molecule has 0 aliphatic rings. The summed E-state index contributed by atoms with van der Waals surface area (Å²) < 4.78 is 0. The quantitative estimate of drug-likeness (QED) is 0.449. The Labute approximate surface area is 63.4 Å². The van der Waals surface area contributed by atoms with Crippen molar-refractivity contribution in [1.82, 2.24) is 4.98 Å². The number of aromatic nitrogens is 1. The SMILES string of the molecule is Cc1ccncc1.O=[N+]([O-])O. The van der Waals surface area contributed by atoms with E-state index in [1.807, 2.05) is 19.1 Å². The Morgan fingerprint density at radius 1 is 1.55 bits per heavy atom. The fraction of sp³-hybridized carbons (Fsp3) is 0.167.